The summed E-state index contributed by atoms with van der Waals surface area (Å²) < 4.78 is 67.9. The molecule has 1 saturated heterocycles. The van der Waals surface area contributed by atoms with Crippen LogP contribution in [-0.2, 0) is 20.8 Å². The number of aromatic nitrogens is 1. The van der Waals surface area contributed by atoms with Crippen molar-refractivity contribution in [3.05, 3.63) is 42.1 Å². The number of hydrogen-bond acceptors (Lipinski definition) is 5. The first-order valence-electron chi connectivity index (χ1n) is 7.87. The van der Waals surface area contributed by atoms with E-state index in [-0.39, 0.29) is 4.90 Å². The lowest BCUT2D eigenvalue weighted by molar-refractivity contribution is -0.137. The topological polar surface area (TPSA) is 59.5 Å². The van der Waals surface area contributed by atoms with Crippen LogP contribution in [0.5, 0.6) is 0 Å². The van der Waals surface area contributed by atoms with E-state index in [1.807, 2.05) is 4.90 Å². The molecule has 3 rings (SSSR count). The van der Waals surface area contributed by atoms with Crippen LogP contribution in [0.2, 0.25) is 0 Å². The number of pyridine rings is 1. The molecule has 0 atom stereocenters. The molecule has 0 aliphatic carbocycles. The Kier molecular flexibility index (Phi) is 4.94. The highest BCUT2D eigenvalue weighted by atomic mass is 32.2. The molecule has 9 heteroatoms. The van der Waals surface area contributed by atoms with Gasteiger partial charge in [-0.3, -0.25) is 0 Å². The number of hydrogen-bond donors (Lipinski definition) is 0. The number of anilines is 1. The highest BCUT2D eigenvalue weighted by Gasteiger charge is 2.32. The van der Waals surface area contributed by atoms with E-state index in [1.54, 1.807) is 0 Å². The van der Waals surface area contributed by atoms with Gasteiger partial charge in [0.15, 0.2) is 9.84 Å². The van der Waals surface area contributed by atoms with E-state index in [1.165, 1.54) is 24.3 Å². The fraction of sp³-hybridized carbons (Fsp3) is 0.353. The first-order chi connectivity index (χ1) is 12.2. The summed E-state index contributed by atoms with van der Waals surface area (Å²) >= 11 is 0. The fourth-order valence-electron chi connectivity index (χ4n) is 2.73. The van der Waals surface area contributed by atoms with Crippen molar-refractivity contribution < 1.29 is 26.3 Å². The van der Waals surface area contributed by atoms with Crippen molar-refractivity contribution in [3.63, 3.8) is 0 Å². The Labute approximate surface area is 149 Å². The molecular formula is C17H17F3N2O3S. The van der Waals surface area contributed by atoms with Crippen LogP contribution < -0.4 is 4.90 Å². The lowest BCUT2D eigenvalue weighted by Gasteiger charge is -2.30. The van der Waals surface area contributed by atoms with Gasteiger partial charge in [-0.1, -0.05) is 12.1 Å². The lowest BCUT2D eigenvalue weighted by Crippen LogP contribution is -2.37. The van der Waals surface area contributed by atoms with Gasteiger partial charge in [0, 0.05) is 31.1 Å². The van der Waals surface area contributed by atoms with E-state index < -0.39 is 21.6 Å². The van der Waals surface area contributed by atoms with Gasteiger partial charge in [-0.05, 0) is 23.8 Å². The molecule has 1 aliphatic rings. The Balaban J connectivity index is 2.09. The number of morpholine rings is 1. The standard InChI is InChI=1S/C17H17F3N2O3S/c1-26(23,24)14-4-2-12(3-5-14)15-10-13(17(18,19)20)11-21-16(15)22-6-8-25-9-7-22/h2-5,10-11H,6-9H2,1H3. The van der Waals surface area contributed by atoms with Crippen molar-refractivity contribution in [3.8, 4) is 11.1 Å². The summed E-state index contributed by atoms with van der Waals surface area (Å²) in [5.41, 5.74) is -0.0732. The van der Waals surface area contributed by atoms with Crippen molar-refractivity contribution in [2.45, 2.75) is 11.1 Å². The molecule has 26 heavy (non-hydrogen) atoms. The van der Waals surface area contributed by atoms with Crippen molar-refractivity contribution in [1.29, 1.82) is 0 Å². The minimum Gasteiger partial charge on any atom is -0.378 e. The second-order valence-corrected chi connectivity index (χ2v) is 8.00. The Bertz CT molecular complexity index is 890. The van der Waals surface area contributed by atoms with Gasteiger partial charge in [-0.15, -0.1) is 0 Å². The quantitative estimate of drug-likeness (QED) is 0.812. The predicted molar refractivity (Wildman–Crippen MR) is 90.8 cm³/mol. The van der Waals surface area contributed by atoms with Crippen LogP contribution in [0, 0.1) is 0 Å². The van der Waals surface area contributed by atoms with Crippen molar-refractivity contribution in [2.75, 3.05) is 37.5 Å². The highest BCUT2D eigenvalue weighted by molar-refractivity contribution is 7.90. The molecule has 1 aliphatic heterocycles. The molecule has 0 N–H and O–H groups in total. The van der Waals surface area contributed by atoms with Gasteiger partial charge in [0.1, 0.15) is 5.82 Å². The molecule has 0 spiro atoms. The van der Waals surface area contributed by atoms with E-state index in [2.05, 4.69) is 4.98 Å². The molecule has 0 radical (unpaired) electrons. The molecule has 0 unspecified atom stereocenters. The fourth-order valence-corrected chi connectivity index (χ4v) is 3.36. The van der Waals surface area contributed by atoms with Crippen molar-refractivity contribution in [2.24, 2.45) is 0 Å². The monoisotopic (exact) mass is 386 g/mol. The smallest absolute Gasteiger partial charge is 0.378 e. The maximum atomic E-state index is 13.1. The summed E-state index contributed by atoms with van der Waals surface area (Å²) in [6, 6.07) is 6.81. The second-order valence-electron chi connectivity index (χ2n) is 5.99. The second kappa shape index (κ2) is 6.88. The van der Waals surface area contributed by atoms with E-state index in [4.69, 9.17) is 4.74 Å². The molecule has 1 aromatic heterocycles. The number of rotatable bonds is 3. The SMILES string of the molecule is CS(=O)(=O)c1ccc(-c2cc(C(F)(F)F)cnc2N2CCOCC2)cc1. The first-order valence-corrected chi connectivity index (χ1v) is 9.76. The number of halogens is 3. The molecule has 0 bridgehead atoms. The van der Waals surface area contributed by atoms with Crippen LogP contribution in [0.1, 0.15) is 5.56 Å². The zero-order valence-corrected chi connectivity index (χ0v) is 14.8. The Morgan fingerprint density at radius 2 is 1.73 bits per heavy atom. The molecule has 1 aromatic carbocycles. The minimum atomic E-state index is -4.52. The maximum Gasteiger partial charge on any atom is 0.417 e. The van der Waals surface area contributed by atoms with E-state index >= 15 is 0 Å². The molecule has 0 amide bonds. The number of alkyl halides is 3. The number of benzene rings is 1. The summed E-state index contributed by atoms with van der Waals surface area (Å²) in [4.78, 5) is 6.02. The molecule has 0 saturated carbocycles. The molecule has 140 valence electrons. The summed E-state index contributed by atoms with van der Waals surface area (Å²) in [5, 5.41) is 0. The van der Waals surface area contributed by atoms with Gasteiger partial charge in [0.2, 0.25) is 0 Å². The molecule has 5 nitrogen and oxygen atoms in total. The molecule has 2 heterocycles. The van der Waals surface area contributed by atoms with E-state index in [0.29, 0.717) is 43.2 Å². The normalized spacial score (nSPS) is 15.9. The number of ether oxygens (including phenoxy) is 1. The largest absolute Gasteiger partial charge is 0.417 e. The summed E-state index contributed by atoms with van der Waals surface area (Å²) in [7, 11) is -3.39. The number of sulfone groups is 1. The zero-order chi connectivity index (χ0) is 18.9. The van der Waals surface area contributed by atoms with Crippen molar-refractivity contribution in [1.82, 2.24) is 4.98 Å². The minimum absolute atomic E-state index is 0.106. The van der Waals surface area contributed by atoms with Crippen LogP contribution in [-0.4, -0.2) is 46.0 Å². The molecule has 1 fully saturated rings. The van der Waals surface area contributed by atoms with Crippen molar-refractivity contribution >= 4 is 15.7 Å². The zero-order valence-electron chi connectivity index (χ0n) is 14.0. The average molecular weight is 386 g/mol. The third-order valence-electron chi connectivity index (χ3n) is 4.10. The summed E-state index contributed by atoms with van der Waals surface area (Å²) in [5.74, 6) is 0.424. The van der Waals surface area contributed by atoms with Gasteiger partial charge in [0.25, 0.3) is 0 Å². The lowest BCUT2D eigenvalue weighted by atomic mass is 10.0. The molecular weight excluding hydrogens is 369 g/mol. The average Bonchev–Trinajstić information content (AvgIpc) is 2.60. The summed E-state index contributed by atoms with van der Waals surface area (Å²) in [6.45, 7) is 1.98. The predicted octanol–water partition coefficient (Wildman–Crippen LogP) is 3.01. The van der Waals surface area contributed by atoms with E-state index in [9.17, 15) is 21.6 Å². The Morgan fingerprint density at radius 1 is 1.12 bits per heavy atom. The van der Waals surface area contributed by atoms with Crippen LogP contribution in [0.3, 0.4) is 0 Å². The van der Waals surface area contributed by atoms with Gasteiger partial charge >= 0.3 is 6.18 Å². The first kappa shape index (κ1) is 18.7. The van der Waals surface area contributed by atoms with Crippen LogP contribution in [0.4, 0.5) is 19.0 Å². The molecule has 2 aromatic rings. The van der Waals surface area contributed by atoms with Gasteiger partial charge in [-0.2, -0.15) is 13.2 Å². The maximum absolute atomic E-state index is 13.1. The third kappa shape index (κ3) is 3.99. The van der Waals surface area contributed by atoms with Crippen LogP contribution in [0.25, 0.3) is 11.1 Å². The number of nitrogens with zero attached hydrogens (tertiary/aromatic N) is 2. The van der Waals surface area contributed by atoms with Gasteiger partial charge in [-0.25, -0.2) is 13.4 Å². The Hall–Kier alpha value is -2.13. The highest BCUT2D eigenvalue weighted by Crippen LogP contribution is 2.36. The third-order valence-corrected chi connectivity index (χ3v) is 5.23. The Morgan fingerprint density at radius 3 is 2.27 bits per heavy atom. The van der Waals surface area contributed by atoms with Crippen LogP contribution >= 0.6 is 0 Å². The van der Waals surface area contributed by atoms with E-state index in [0.717, 1.165) is 18.5 Å². The van der Waals surface area contributed by atoms with Gasteiger partial charge < -0.3 is 9.64 Å². The summed E-state index contributed by atoms with van der Waals surface area (Å²) in [6.07, 6.45) is -2.62. The van der Waals surface area contributed by atoms with Gasteiger partial charge in [0.05, 0.1) is 23.7 Å². The van der Waals surface area contributed by atoms with Crippen LogP contribution in [0.15, 0.2) is 41.4 Å².